The zero-order chi connectivity index (χ0) is 8.58. The van der Waals surface area contributed by atoms with E-state index in [1.807, 2.05) is 0 Å². The molecule has 0 saturated carbocycles. The largest absolute Gasteiger partial charge is 0.406 e. The van der Waals surface area contributed by atoms with Gasteiger partial charge in [0.2, 0.25) is 0 Å². The first-order chi connectivity index (χ1) is 4.19. The Morgan fingerprint density at radius 2 is 1.60 bits per heavy atom. The summed E-state index contributed by atoms with van der Waals surface area (Å²) >= 11 is 6.09. The third-order valence-corrected chi connectivity index (χ3v) is 2.24. The Kier molecular flexibility index (Phi) is 2.93. The molecule has 0 amide bonds. The first-order valence-corrected chi connectivity index (χ1v) is 3.27. The first-order valence-electron chi connectivity index (χ1n) is 2.31. The average Bonchev–Trinajstić information content (AvgIpc) is 1.62. The molecule has 0 nitrogen and oxygen atoms in total. The summed E-state index contributed by atoms with van der Waals surface area (Å²) in [4.78, 5) is 0. The minimum absolute atomic E-state index is 0.633. The molecule has 0 bridgehead atoms. The maximum atomic E-state index is 12.0. The zero-order valence-electron chi connectivity index (χ0n) is 4.98. The molecule has 6 heteroatoms. The van der Waals surface area contributed by atoms with Crippen molar-refractivity contribution in [3.63, 3.8) is 0 Å². The van der Waals surface area contributed by atoms with Crippen LogP contribution < -0.4 is 0 Å². The van der Waals surface area contributed by atoms with E-state index < -0.39 is 16.4 Å². The van der Waals surface area contributed by atoms with Gasteiger partial charge >= 0.3 is 6.18 Å². The zero-order valence-corrected chi connectivity index (χ0v) is 6.77. The highest BCUT2D eigenvalue weighted by atomic mass is 32.1. The molecule has 0 aliphatic heterocycles. The van der Waals surface area contributed by atoms with Crippen LogP contribution in [0.25, 0.3) is 0 Å². The van der Waals surface area contributed by atoms with Crippen molar-refractivity contribution in [1.82, 2.24) is 0 Å². The molecule has 10 heavy (non-hydrogen) atoms. The van der Waals surface area contributed by atoms with Crippen LogP contribution in [0, 0.1) is 0 Å². The Morgan fingerprint density at radius 1 is 1.30 bits per heavy atom. The van der Waals surface area contributed by atoms with Gasteiger partial charge in [-0.15, -0.1) is 12.6 Å². The molecule has 0 aromatic rings. The molecule has 0 saturated heterocycles. The molecule has 0 aromatic carbocycles. The van der Waals surface area contributed by atoms with Crippen LogP contribution in [0.1, 0.15) is 6.92 Å². The number of hydrogen-bond acceptors (Lipinski definition) is 2. The Morgan fingerprint density at radius 3 is 1.60 bits per heavy atom. The van der Waals surface area contributed by atoms with Crippen LogP contribution in [-0.2, 0) is 0 Å². The number of thiol groups is 2. The highest BCUT2D eigenvalue weighted by Crippen LogP contribution is 2.40. The standard InChI is InChI=1S/C4H6F4S2/c1-3(10,2(5)9)4(6,7)8/h2,9-10H,1H3. The molecule has 0 fully saturated rings. The molecular weight excluding hydrogens is 188 g/mol. The lowest BCUT2D eigenvalue weighted by atomic mass is 10.2. The van der Waals surface area contributed by atoms with E-state index >= 15 is 0 Å². The fraction of sp³-hybridized carbons (Fsp3) is 1.00. The molecule has 0 aliphatic rings. The van der Waals surface area contributed by atoms with E-state index in [0.717, 1.165) is 0 Å². The molecule has 0 aliphatic carbocycles. The van der Waals surface area contributed by atoms with Gasteiger partial charge in [-0.05, 0) is 6.92 Å². The van der Waals surface area contributed by atoms with Crippen molar-refractivity contribution in [1.29, 1.82) is 0 Å². The van der Waals surface area contributed by atoms with Gasteiger partial charge in [0.25, 0.3) is 0 Å². The molecule has 0 radical (unpaired) electrons. The van der Waals surface area contributed by atoms with E-state index in [0.29, 0.717) is 6.92 Å². The van der Waals surface area contributed by atoms with E-state index in [1.165, 1.54) is 0 Å². The lowest BCUT2D eigenvalue weighted by molar-refractivity contribution is -0.160. The maximum Gasteiger partial charge on any atom is 0.406 e. The molecule has 0 N–H and O–H groups in total. The van der Waals surface area contributed by atoms with Crippen molar-refractivity contribution in [3.05, 3.63) is 0 Å². The summed E-state index contributed by atoms with van der Waals surface area (Å²) in [6.45, 7) is 0.633. The summed E-state index contributed by atoms with van der Waals surface area (Å²) in [7, 11) is 0. The second kappa shape index (κ2) is 2.81. The second-order valence-corrected chi connectivity index (χ2v) is 3.36. The summed E-state index contributed by atoms with van der Waals surface area (Å²) < 4.78 is 44.5. The lowest BCUT2D eigenvalue weighted by Gasteiger charge is -2.26. The molecular formula is C4H6F4S2. The van der Waals surface area contributed by atoms with Gasteiger partial charge in [-0.2, -0.15) is 25.8 Å². The van der Waals surface area contributed by atoms with Gasteiger partial charge in [-0.1, -0.05) is 0 Å². The molecule has 2 atom stereocenters. The molecule has 0 heterocycles. The van der Waals surface area contributed by atoms with Gasteiger partial charge < -0.3 is 0 Å². The quantitative estimate of drug-likeness (QED) is 0.465. The number of rotatable bonds is 1. The number of halogens is 4. The summed E-state index contributed by atoms with van der Waals surface area (Å²) in [5.41, 5.74) is -2.31. The molecule has 0 spiro atoms. The molecule has 62 valence electrons. The van der Waals surface area contributed by atoms with Crippen molar-refractivity contribution in [2.45, 2.75) is 23.4 Å². The van der Waals surface area contributed by atoms with Crippen molar-refractivity contribution >= 4 is 25.3 Å². The van der Waals surface area contributed by atoms with Crippen LogP contribution >= 0.6 is 25.3 Å². The van der Waals surface area contributed by atoms with Crippen molar-refractivity contribution in [3.8, 4) is 0 Å². The fourth-order valence-corrected chi connectivity index (χ4v) is 0.281. The van der Waals surface area contributed by atoms with Gasteiger partial charge in [-0.3, -0.25) is 0 Å². The Hall–Kier alpha value is 0.420. The first kappa shape index (κ1) is 10.4. The van der Waals surface area contributed by atoms with E-state index in [9.17, 15) is 17.6 Å². The SMILES string of the molecule is CC(S)(C(F)S)C(F)(F)F. The Balaban J connectivity index is 4.40. The van der Waals surface area contributed by atoms with Crippen molar-refractivity contribution in [2.24, 2.45) is 0 Å². The van der Waals surface area contributed by atoms with Gasteiger partial charge in [-0.25, -0.2) is 4.39 Å². The highest BCUT2D eigenvalue weighted by Gasteiger charge is 2.53. The summed E-state index contributed by atoms with van der Waals surface area (Å²) in [6, 6.07) is 0. The topological polar surface area (TPSA) is 0 Å². The van der Waals surface area contributed by atoms with Crippen LogP contribution in [0.2, 0.25) is 0 Å². The predicted molar refractivity (Wildman–Crippen MR) is 37.3 cm³/mol. The predicted octanol–water partition coefficient (Wildman–Crippen LogP) is 2.46. The summed E-state index contributed by atoms with van der Waals surface area (Å²) in [5.74, 6) is 0. The van der Waals surface area contributed by atoms with Crippen LogP contribution in [-0.4, -0.2) is 16.4 Å². The van der Waals surface area contributed by atoms with Crippen molar-refractivity contribution < 1.29 is 17.6 Å². The third-order valence-electron chi connectivity index (χ3n) is 1.04. The number of hydrogen-bond donors (Lipinski definition) is 2. The van der Waals surface area contributed by atoms with Crippen LogP contribution in [0.15, 0.2) is 0 Å². The third kappa shape index (κ3) is 1.95. The van der Waals surface area contributed by atoms with Crippen LogP contribution in [0.5, 0.6) is 0 Å². The van der Waals surface area contributed by atoms with E-state index in [1.54, 1.807) is 0 Å². The van der Waals surface area contributed by atoms with E-state index in [4.69, 9.17) is 0 Å². The normalized spacial score (nSPS) is 21.9. The summed E-state index contributed by atoms with van der Waals surface area (Å²) in [5, 5.41) is 0. The van der Waals surface area contributed by atoms with Gasteiger partial charge in [0.1, 0.15) is 4.75 Å². The van der Waals surface area contributed by atoms with Gasteiger partial charge in [0.05, 0.1) is 0 Å². The lowest BCUT2D eigenvalue weighted by Crippen LogP contribution is -2.42. The molecule has 0 rings (SSSR count). The van der Waals surface area contributed by atoms with Gasteiger partial charge in [0, 0.05) is 0 Å². The highest BCUT2D eigenvalue weighted by molar-refractivity contribution is 7.85. The van der Waals surface area contributed by atoms with Crippen molar-refractivity contribution in [2.75, 3.05) is 0 Å². The number of alkyl halides is 4. The Bertz CT molecular complexity index is 117. The Labute approximate surface area is 66.8 Å². The van der Waals surface area contributed by atoms with E-state index in [2.05, 4.69) is 25.3 Å². The fourth-order valence-electron chi connectivity index (χ4n) is 0.135. The smallest absolute Gasteiger partial charge is 0.234 e. The van der Waals surface area contributed by atoms with Gasteiger partial charge in [0.15, 0.2) is 5.50 Å². The minimum atomic E-state index is -4.67. The second-order valence-electron chi connectivity index (χ2n) is 1.98. The molecule has 0 aromatic heterocycles. The van der Waals surface area contributed by atoms with Crippen LogP contribution in [0.4, 0.5) is 17.6 Å². The summed E-state index contributed by atoms with van der Waals surface area (Å²) in [6.07, 6.45) is -4.67. The molecule has 2 unspecified atom stereocenters. The minimum Gasteiger partial charge on any atom is -0.234 e. The monoisotopic (exact) mass is 194 g/mol. The average molecular weight is 194 g/mol. The van der Waals surface area contributed by atoms with Crippen LogP contribution in [0.3, 0.4) is 0 Å². The maximum absolute atomic E-state index is 12.0. The van der Waals surface area contributed by atoms with E-state index in [-0.39, 0.29) is 0 Å².